The molecule has 0 radical (unpaired) electrons. The molecular formula is C44H38O3. The van der Waals surface area contributed by atoms with Gasteiger partial charge >= 0.3 is 0 Å². The van der Waals surface area contributed by atoms with Crippen molar-refractivity contribution in [2.75, 3.05) is 14.2 Å². The molecule has 0 saturated heterocycles. The first-order valence-corrected chi connectivity index (χ1v) is 16.5. The van der Waals surface area contributed by atoms with E-state index in [1.54, 1.807) is 14.2 Å². The van der Waals surface area contributed by atoms with Crippen LogP contribution in [0.5, 0.6) is 17.2 Å². The number of fused-ring (bicyclic) bond motifs is 8. The van der Waals surface area contributed by atoms with Gasteiger partial charge in [-0.1, -0.05) is 111 Å². The third-order valence-electron chi connectivity index (χ3n) is 10.6. The van der Waals surface area contributed by atoms with Crippen molar-refractivity contribution in [2.24, 2.45) is 0 Å². The third kappa shape index (κ3) is 4.26. The lowest BCUT2D eigenvalue weighted by Crippen LogP contribution is -2.35. The first-order valence-electron chi connectivity index (χ1n) is 16.5. The largest absolute Gasteiger partial charge is 0.497 e. The Hall–Kier alpha value is -5.28. The molecule has 232 valence electrons. The molecule has 0 bridgehead atoms. The van der Waals surface area contributed by atoms with E-state index in [-0.39, 0.29) is 5.41 Å². The second kappa shape index (κ2) is 11.2. The van der Waals surface area contributed by atoms with Crippen LogP contribution in [-0.4, -0.2) is 14.2 Å². The molecule has 6 aromatic carbocycles. The third-order valence-corrected chi connectivity index (χ3v) is 10.6. The quantitative estimate of drug-likeness (QED) is 0.179. The van der Waals surface area contributed by atoms with Crippen molar-refractivity contribution >= 4 is 16.8 Å². The van der Waals surface area contributed by atoms with Crippen LogP contribution in [0.4, 0.5) is 0 Å². The van der Waals surface area contributed by atoms with Crippen LogP contribution in [0.1, 0.15) is 54.5 Å². The molecule has 0 unspecified atom stereocenters. The molecule has 0 fully saturated rings. The first-order chi connectivity index (χ1) is 23.1. The SMILES string of the molecule is CCC1(CC)c2cc(-c3ccccc3)ccc2-c2c1c1c(c3ccccc23)OC(c2ccc(OC)cc2)(c2ccc(OC)cc2)C=C1. The lowest BCUT2D eigenvalue weighted by Gasteiger charge is -2.39. The van der Waals surface area contributed by atoms with Gasteiger partial charge in [0.1, 0.15) is 17.2 Å². The van der Waals surface area contributed by atoms with Crippen molar-refractivity contribution in [3.05, 3.63) is 155 Å². The monoisotopic (exact) mass is 614 g/mol. The molecule has 2 aliphatic rings. The summed E-state index contributed by atoms with van der Waals surface area (Å²) in [4.78, 5) is 0. The fraction of sp³-hybridized carbons (Fsp3) is 0.182. The Morgan fingerprint density at radius 3 is 1.81 bits per heavy atom. The Morgan fingerprint density at radius 1 is 0.617 bits per heavy atom. The highest BCUT2D eigenvalue weighted by molar-refractivity contribution is 6.08. The number of rotatable bonds is 7. The second-order valence-corrected chi connectivity index (χ2v) is 12.6. The molecule has 0 aromatic heterocycles. The number of benzene rings is 6. The first kappa shape index (κ1) is 29.1. The van der Waals surface area contributed by atoms with Gasteiger partial charge in [-0.15, -0.1) is 0 Å². The Labute approximate surface area is 277 Å². The molecule has 0 N–H and O–H groups in total. The molecule has 8 rings (SSSR count). The van der Waals surface area contributed by atoms with Crippen LogP contribution in [-0.2, 0) is 11.0 Å². The van der Waals surface area contributed by atoms with Crippen molar-refractivity contribution < 1.29 is 14.2 Å². The highest BCUT2D eigenvalue weighted by Gasteiger charge is 2.47. The molecule has 6 aromatic rings. The predicted molar refractivity (Wildman–Crippen MR) is 193 cm³/mol. The van der Waals surface area contributed by atoms with Crippen LogP contribution in [0.3, 0.4) is 0 Å². The summed E-state index contributed by atoms with van der Waals surface area (Å²) in [5.74, 6) is 2.55. The van der Waals surface area contributed by atoms with Gasteiger partial charge in [0, 0.05) is 27.5 Å². The molecule has 3 heteroatoms. The van der Waals surface area contributed by atoms with Crippen LogP contribution in [0.2, 0.25) is 0 Å². The zero-order chi connectivity index (χ0) is 32.2. The number of hydrogen-bond donors (Lipinski definition) is 0. The lowest BCUT2D eigenvalue weighted by atomic mass is 9.70. The second-order valence-electron chi connectivity index (χ2n) is 12.6. The molecule has 1 aliphatic carbocycles. The van der Waals surface area contributed by atoms with E-state index in [0.29, 0.717) is 0 Å². The number of ether oxygens (including phenoxy) is 3. The summed E-state index contributed by atoms with van der Waals surface area (Å²) < 4.78 is 18.5. The van der Waals surface area contributed by atoms with E-state index in [9.17, 15) is 0 Å². The van der Waals surface area contributed by atoms with Gasteiger partial charge in [-0.3, -0.25) is 0 Å². The molecular weight excluding hydrogens is 576 g/mol. The molecule has 0 spiro atoms. The van der Waals surface area contributed by atoms with Crippen LogP contribution < -0.4 is 14.2 Å². The van der Waals surface area contributed by atoms with Crippen LogP contribution >= 0.6 is 0 Å². The van der Waals surface area contributed by atoms with Gasteiger partial charge in [0.15, 0.2) is 5.60 Å². The van der Waals surface area contributed by atoms with Gasteiger partial charge in [0.2, 0.25) is 0 Å². The highest BCUT2D eigenvalue weighted by Crippen LogP contribution is 2.60. The van der Waals surface area contributed by atoms with E-state index in [1.807, 2.05) is 24.3 Å². The zero-order valence-electron chi connectivity index (χ0n) is 27.3. The van der Waals surface area contributed by atoms with E-state index < -0.39 is 5.60 Å². The number of hydrogen-bond acceptors (Lipinski definition) is 3. The van der Waals surface area contributed by atoms with Crippen molar-refractivity contribution in [1.82, 2.24) is 0 Å². The number of methoxy groups -OCH3 is 2. The van der Waals surface area contributed by atoms with Crippen molar-refractivity contribution in [1.29, 1.82) is 0 Å². The van der Waals surface area contributed by atoms with Gasteiger partial charge in [0.25, 0.3) is 0 Å². The summed E-state index contributed by atoms with van der Waals surface area (Å²) in [7, 11) is 3.39. The van der Waals surface area contributed by atoms with Gasteiger partial charge in [-0.25, -0.2) is 0 Å². The molecule has 0 saturated carbocycles. The van der Waals surface area contributed by atoms with Gasteiger partial charge < -0.3 is 14.2 Å². The maximum absolute atomic E-state index is 7.48. The lowest BCUT2D eigenvalue weighted by molar-refractivity contribution is 0.163. The molecule has 1 heterocycles. The minimum atomic E-state index is -0.852. The summed E-state index contributed by atoms with van der Waals surface area (Å²) in [6.07, 6.45) is 6.57. The van der Waals surface area contributed by atoms with Crippen molar-refractivity contribution in [2.45, 2.75) is 37.7 Å². The van der Waals surface area contributed by atoms with E-state index in [4.69, 9.17) is 14.2 Å². The Bertz CT molecular complexity index is 2090. The topological polar surface area (TPSA) is 27.7 Å². The van der Waals surface area contributed by atoms with E-state index >= 15 is 0 Å². The van der Waals surface area contributed by atoms with E-state index in [2.05, 4.69) is 123 Å². The van der Waals surface area contributed by atoms with Crippen LogP contribution in [0.15, 0.2) is 127 Å². The van der Waals surface area contributed by atoms with Crippen molar-refractivity contribution in [3.63, 3.8) is 0 Å². The van der Waals surface area contributed by atoms with E-state index in [0.717, 1.165) is 46.6 Å². The Kier molecular flexibility index (Phi) is 6.95. The minimum Gasteiger partial charge on any atom is -0.497 e. The molecule has 0 atom stereocenters. The normalized spacial score (nSPS) is 15.0. The maximum atomic E-state index is 7.48. The minimum absolute atomic E-state index is 0.155. The smallest absolute Gasteiger partial charge is 0.178 e. The molecule has 1 aliphatic heterocycles. The average Bonchev–Trinajstić information content (AvgIpc) is 3.45. The van der Waals surface area contributed by atoms with Crippen LogP contribution in [0.25, 0.3) is 39.1 Å². The summed E-state index contributed by atoms with van der Waals surface area (Å²) in [5, 5.41) is 2.35. The van der Waals surface area contributed by atoms with Gasteiger partial charge in [-0.05, 0) is 88.0 Å². The zero-order valence-corrected chi connectivity index (χ0v) is 27.3. The summed E-state index contributed by atoms with van der Waals surface area (Å²) in [6, 6.07) is 43.1. The Morgan fingerprint density at radius 2 is 1.21 bits per heavy atom. The van der Waals surface area contributed by atoms with E-state index in [1.165, 1.54) is 44.3 Å². The predicted octanol–water partition coefficient (Wildman–Crippen LogP) is 11.0. The summed E-state index contributed by atoms with van der Waals surface area (Å²) in [6.45, 7) is 4.68. The van der Waals surface area contributed by atoms with Gasteiger partial charge in [0.05, 0.1) is 14.2 Å². The average molecular weight is 615 g/mol. The van der Waals surface area contributed by atoms with Crippen LogP contribution in [0, 0.1) is 0 Å². The summed E-state index contributed by atoms with van der Waals surface area (Å²) >= 11 is 0. The van der Waals surface area contributed by atoms with Gasteiger partial charge in [-0.2, -0.15) is 0 Å². The standard InChI is InChI=1S/C44H38O3/c1-5-43(6-2)39-28-30(29-12-8-7-9-13-29)16-25-37(39)40-35-14-10-11-15-36(35)42-38(41(40)43)26-27-44(47-42,31-17-21-33(45-3)22-18-31)32-19-23-34(46-4)24-20-32/h7-28H,5-6H2,1-4H3. The molecule has 0 amide bonds. The molecule has 47 heavy (non-hydrogen) atoms. The highest BCUT2D eigenvalue weighted by atomic mass is 16.5. The fourth-order valence-corrected chi connectivity index (χ4v) is 8.11. The van der Waals surface area contributed by atoms with Crippen molar-refractivity contribution in [3.8, 4) is 39.5 Å². The summed E-state index contributed by atoms with van der Waals surface area (Å²) in [5.41, 5.74) is 10.2. The molecule has 3 nitrogen and oxygen atoms in total. The fourth-order valence-electron chi connectivity index (χ4n) is 8.11. The maximum Gasteiger partial charge on any atom is 0.178 e. The Balaban J connectivity index is 1.40.